The van der Waals surface area contributed by atoms with E-state index in [1.807, 2.05) is 6.08 Å². The number of Topliss-reactive ketones (excluding diaryl/α,β-unsaturated/α-hetero) is 1. The highest BCUT2D eigenvalue weighted by molar-refractivity contribution is 5.92. The number of ketones is 2. The van der Waals surface area contributed by atoms with Gasteiger partial charge in [-0.2, -0.15) is 0 Å². The monoisotopic (exact) mass is 716 g/mol. The van der Waals surface area contributed by atoms with E-state index in [1.54, 1.807) is 6.08 Å². The number of epoxide rings is 1. The average molecular weight is 717 g/mol. The first-order chi connectivity index (χ1) is 24.6. The minimum atomic E-state index is -0.504. The fraction of sp³-hybridized carbons (Fsp3) is 0.767. The molecule has 0 radical (unpaired) electrons. The third-order valence-corrected chi connectivity index (χ3v) is 17.4. The summed E-state index contributed by atoms with van der Waals surface area (Å²) >= 11 is 0. The molecule has 0 bridgehead atoms. The number of carbonyl (C=O) groups excluding carboxylic acids is 4. The van der Waals surface area contributed by atoms with E-state index in [4.69, 9.17) is 14.2 Å². The molecule has 2 saturated heterocycles. The maximum Gasteiger partial charge on any atom is 0.309 e. The lowest BCUT2D eigenvalue weighted by molar-refractivity contribution is -0.172. The van der Waals surface area contributed by atoms with Crippen LogP contribution in [0.25, 0.3) is 0 Å². The SMILES string of the molecule is COC(=O)[C@@H]1CC2=CC(=O)CC[C@]2(C)[C@@]23O[C@@H]2C[C@@]2(C)[C@@H](CC[C@@]24CCC(=O)O4)[C@H]13.C[C@]12CC[C@H](O)CC1=C[C@@H](O)[C@@H]1C2=CC[C@]2(C)C(=O)CC[C@@H]12. The Hall–Kier alpha value is -2.62. The van der Waals surface area contributed by atoms with Crippen LogP contribution in [0.4, 0.5) is 0 Å². The molecule has 0 unspecified atom stereocenters. The van der Waals surface area contributed by atoms with Crippen LogP contribution in [0.2, 0.25) is 0 Å². The molecule has 10 aliphatic rings. The van der Waals surface area contributed by atoms with Gasteiger partial charge >= 0.3 is 11.9 Å². The average Bonchev–Trinajstić information content (AvgIpc) is 3.41. The normalized spacial score (nSPS) is 52.1. The Labute approximate surface area is 307 Å². The molecule has 0 aromatic carbocycles. The van der Waals surface area contributed by atoms with Crippen LogP contribution in [-0.4, -0.2) is 70.3 Å². The summed E-state index contributed by atoms with van der Waals surface area (Å²) in [4.78, 5) is 49.7. The summed E-state index contributed by atoms with van der Waals surface area (Å²) < 4.78 is 17.9. The van der Waals surface area contributed by atoms with Crippen molar-refractivity contribution in [1.82, 2.24) is 0 Å². The summed E-state index contributed by atoms with van der Waals surface area (Å²) in [5.74, 6) is 0.540. The molecule has 2 N–H and O–H groups in total. The zero-order chi connectivity index (χ0) is 36.8. The number of methoxy groups -OCH3 is 1. The van der Waals surface area contributed by atoms with Gasteiger partial charge in [-0.25, -0.2) is 0 Å². The van der Waals surface area contributed by atoms with E-state index >= 15 is 0 Å². The lowest BCUT2D eigenvalue weighted by atomic mass is 9.43. The number of rotatable bonds is 1. The predicted molar refractivity (Wildman–Crippen MR) is 189 cm³/mol. The fourth-order valence-electron chi connectivity index (χ4n) is 14.4. The number of aliphatic hydroxyl groups is 2. The van der Waals surface area contributed by atoms with Crippen LogP contribution >= 0.6 is 0 Å². The predicted octanol–water partition coefficient (Wildman–Crippen LogP) is 5.89. The molecule has 9 heteroatoms. The third-order valence-electron chi connectivity index (χ3n) is 17.4. The van der Waals surface area contributed by atoms with Gasteiger partial charge in [0.05, 0.1) is 31.3 Å². The second-order valence-electron chi connectivity index (χ2n) is 19.2. The number of carbonyl (C=O) groups is 4. The molecule has 5 saturated carbocycles. The first-order valence-corrected chi connectivity index (χ1v) is 20.1. The molecule has 0 aromatic rings. The molecule has 8 aliphatic carbocycles. The van der Waals surface area contributed by atoms with Crippen molar-refractivity contribution in [3.05, 3.63) is 34.9 Å². The Bertz CT molecular complexity index is 1740. The molecule has 2 aliphatic heterocycles. The van der Waals surface area contributed by atoms with Gasteiger partial charge in [0.1, 0.15) is 17.0 Å². The molecule has 52 heavy (non-hydrogen) atoms. The van der Waals surface area contributed by atoms with Gasteiger partial charge in [-0.1, -0.05) is 56.6 Å². The molecule has 282 valence electrons. The van der Waals surface area contributed by atoms with Crippen molar-refractivity contribution in [2.75, 3.05) is 7.11 Å². The van der Waals surface area contributed by atoms with E-state index in [2.05, 4.69) is 33.8 Å². The smallest absolute Gasteiger partial charge is 0.309 e. The molecule has 0 amide bonds. The van der Waals surface area contributed by atoms with E-state index < -0.39 is 17.3 Å². The van der Waals surface area contributed by atoms with E-state index in [0.717, 1.165) is 63.4 Å². The fourth-order valence-corrected chi connectivity index (χ4v) is 14.4. The zero-order valence-electron chi connectivity index (χ0n) is 31.5. The van der Waals surface area contributed by atoms with Crippen molar-refractivity contribution in [2.45, 2.75) is 147 Å². The molecular weight excluding hydrogens is 660 g/mol. The Balaban J connectivity index is 0.000000145. The minimum absolute atomic E-state index is 0.0178. The van der Waals surface area contributed by atoms with Crippen LogP contribution in [0, 0.1) is 51.2 Å². The van der Waals surface area contributed by atoms with Crippen molar-refractivity contribution >= 4 is 23.5 Å². The highest BCUT2D eigenvalue weighted by Crippen LogP contribution is 2.78. The number of esters is 2. The van der Waals surface area contributed by atoms with Crippen molar-refractivity contribution < 1.29 is 43.6 Å². The second-order valence-corrected chi connectivity index (χ2v) is 19.2. The number of aliphatic hydroxyl groups excluding tert-OH is 2. The van der Waals surface area contributed by atoms with Gasteiger partial charge in [0.2, 0.25) is 0 Å². The number of ether oxygens (including phenoxy) is 3. The van der Waals surface area contributed by atoms with Crippen LogP contribution in [0.5, 0.6) is 0 Å². The van der Waals surface area contributed by atoms with Gasteiger partial charge in [-0.05, 0) is 88.5 Å². The molecule has 7 fully saturated rings. The molecule has 14 atom stereocenters. The molecule has 9 nitrogen and oxygen atoms in total. The van der Waals surface area contributed by atoms with Crippen LogP contribution < -0.4 is 0 Å². The van der Waals surface area contributed by atoms with Gasteiger partial charge in [-0.3, -0.25) is 19.2 Å². The molecule has 2 heterocycles. The number of hydrogen-bond donors (Lipinski definition) is 2. The number of fused-ring (bicyclic) bond motifs is 9. The van der Waals surface area contributed by atoms with E-state index in [9.17, 15) is 29.4 Å². The lowest BCUT2D eigenvalue weighted by Crippen LogP contribution is -2.63. The summed E-state index contributed by atoms with van der Waals surface area (Å²) in [6, 6.07) is 0. The van der Waals surface area contributed by atoms with E-state index in [1.165, 1.54) is 18.3 Å². The topological polar surface area (TPSA) is 140 Å². The minimum Gasteiger partial charge on any atom is -0.469 e. The van der Waals surface area contributed by atoms with Gasteiger partial charge in [0.15, 0.2) is 5.78 Å². The summed E-state index contributed by atoms with van der Waals surface area (Å²) in [6.45, 7) is 8.88. The van der Waals surface area contributed by atoms with Crippen molar-refractivity contribution in [2.24, 2.45) is 51.2 Å². The molecule has 2 spiro atoms. The van der Waals surface area contributed by atoms with Gasteiger partial charge in [-0.15, -0.1) is 0 Å². The Morgan fingerprint density at radius 2 is 1.69 bits per heavy atom. The van der Waals surface area contributed by atoms with Crippen molar-refractivity contribution in [1.29, 1.82) is 0 Å². The quantitative estimate of drug-likeness (QED) is 0.193. The summed E-state index contributed by atoms with van der Waals surface area (Å²) in [6.07, 6.45) is 16.0. The summed E-state index contributed by atoms with van der Waals surface area (Å²) in [5.41, 5.74) is 2.09. The molecule has 10 rings (SSSR count). The van der Waals surface area contributed by atoms with E-state index in [-0.39, 0.29) is 81.2 Å². The Morgan fingerprint density at radius 1 is 0.904 bits per heavy atom. The van der Waals surface area contributed by atoms with Crippen LogP contribution in [0.3, 0.4) is 0 Å². The summed E-state index contributed by atoms with van der Waals surface area (Å²) in [7, 11) is 1.45. The van der Waals surface area contributed by atoms with Gasteiger partial charge < -0.3 is 24.4 Å². The van der Waals surface area contributed by atoms with Crippen LogP contribution in [0.1, 0.15) is 118 Å². The summed E-state index contributed by atoms with van der Waals surface area (Å²) in [5, 5.41) is 20.8. The lowest BCUT2D eigenvalue weighted by Gasteiger charge is -2.58. The maximum atomic E-state index is 13.0. The zero-order valence-corrected chi connectivity index (χ0v) is 31.5. The highest BCUT2D eigenvalue weighted by atomic mass is 16.6. The number of hydrogen-bond acceptors (Lipinski definition) is 9. The van der Waals surface area contributed by atoms with Gasteiger partial charge in [0.25, 0.3) is 0 Å². The number of allylic oxidation sites excluding steroid dienone is 1. The second kappa shape index (κ2) is 11.2. The van der Waals surface area contributed by atoms with Crippen molar-refractivity contribution in [3.8, 4) is 0 Å². The standard InChI is InChI=1S/C24H30O6.C19H26O3/c1-21-7-4-14(25)10-13(21)11-15(20(27)28-3)19-16-5-8-23(9-6-18(26)30-23)22(16,2)12-17-24(19,21)29-17;1-18-7-5-12(20)9-11(18)10-15(21)17-13-3-4-16(22)19(13,2)8-6-14(17)18/h10,15-17,19H,4-9,11-12H2,1-3H3;6,10,12-13,15,17,20-21H,3-5,7-9H2,1-2H3/t15-,16+,17-,19+,21+,22+,23-,24-;12-,13-,15+,17-,18-,19-/m10/s1. The maximum absolute atomic E-state index is 13.0. The highest BCUT2D eigenvalue weighted by Gasteiger charge is 2.83. The Morgan fingerprint density at radius 3 is 2.42 bits per heavy atom. The third kappa shape index (κ3) is 4.33. The largest absolute Gasteiger partial charge is 0.469 e. The Kier molecular flexibility index (Phi) is 7.58. The molecule has 0 aromatic heterocycles. The van der Waals surface area contributed by atoms with Crippen LogP contribution in [0.15, 0.2) is 34.9 Å². The molecular formula is C43H56O9. The first kappa shape index (κ1) is 35.1. The van der Waals surface area contributed by atoms with Crippen molar-refractivity contribution in [3.63, 3.8) is 0 Å². The first-order valence-electron chi connectivity index (χ1n) is 20.1. The van der Waals surface area contributed by atoms with Gasteiger partial charge in [0, 0.05) is 52.8 Å². The van der Waals surface area contributed by atoms with E-state index in [0.29, 0.717) is 37.9 Å². The van der Waals surface area contributed by atoms with Crippen LogP contribution in [-0.2, 0) is 33.4 Å².